The number of rotatable bonds is 3. The standard InChI is InChI=1S/C20H20N4OS/c1-23-18(8-9-21-23)13-10-14-6-7-15(11-13)24(14)20(25)12-17-16-4-2-3-5-19(16)26-22-17/h2-5,8-10,14-15H,6-7,11-12H2,1H3/t14-,15+/m1/s1. The van der Waals surface area contributed by atoms with Crippen molar-refractivity contribution in [1.29, 1.82) is 0 Å². The summed E-state index contributed by atoms with van der Waals surface area (Å²) in [4.78, 5) is 15.2. The van der Waals surface area contributed by atoms with Crippen molar-refractivity contribution in [3.8, 4) is 0 Å². The number of aryl methyl sites for hydroxylation is 1. The Morgan fingerprint density at radius 1 is 1.27 bits per heavy atom. The maximum Gasteiger partial charge on any atom is 0.229 e. The third-order valence-electron chi connectivity index (χ3n) is 5.60. The van der Waals surface area contributed by atoms with Crippen molar-refractivity contribution in [3.05, 3.63) is 54.0 Å². The Labute approximate surface area is 156 Å². The average molecular weight is 364 g/mol. The molecule has 1 fully saturated rings. The number of hydrogen-bond acceptors (Lipinski definition) is 4. The maximum atomic E-state index is 13.1. The van der Waals surface area contributed by atoms with Crippen LogP contribution in [0.15, 0.2) is 42.6 Å². The molecular weight excluding hydrogens is 344 g/mol. The summed E-state index contributed by atoms with van der Waals surface area (Å²) in [5.41, 5.74) is 3.40. The van der Waals surface area contributed by atoms with Crippen LogP contribution >= 0.6 is 11.5 Å². The van der Waals surface area contributed by atoms with Gasteiger partial charge in [0, 0.05) is 24.7 Å². The van der Waals surface area contributed by atoms with Gasteiger partial charge in [-0.2, -0.15) is 9.47 Å². The Kier molecular flexibility index (Phi) is 3.67. The molecule has 0 saturated carbocycles. The number of hydrogen-bond donors (Lipinski definition) is 0. The molecule has 1 saturated heterocycles. The van der Waals surface area contributed by atoms with E-state index in [1.54, 1.807) is 0 Å². The summed E-state index contributed by atoms with van der Waals surface area (Å²) in [5.74, 6) is 0.203. The molecule has 2 aliphatic heterocycles. The van der Waals surface area contributed by atoms with E-state index in [2.05, 4.69) is 38.6 Å². The number of aromatic nitrogens is 3. The van der Waals surface area contributed by atoms with E-state index in [0.717, 1.165) is 35.0 Å². The number of carbonyl (C=O) groups excluding carboxylic acids is 1. The zero-order valence-corrected chi connectivity index (χ0v) is 15.4. The van der Waals surface area contributed by atoms with Crippen LogP contribution in [0.1, 0.15) is 30.7 Å². The van der Waals surface area contributed by atoms with Gasteiger partial charge in [-0.25, -0.2) is 0 Å². The molecule has 2 aliphatic rings. The van der Waals surface area contributed by atoms with Crippen molar-refractivity contribution < 1.29 is 4.79 Å². The second-order valence-corrected chi connectivity index (χ2v) is 7.94. The molecular formula is C20H20N4OS. The van der Waals surface area contributed by atoms with Gasteiger partial charge in [0.25, 0.3) is 0 Å². The Morgan fingerprint density at radius 3 is 2.96 bits per heavy atom. The third-order valence-corrected chi connectivity index (χ3v) is 6.47. The highest BCUT2D eigenvalue weighted by atomic mass is 32.1. The van der Waals surface area contributed by atoms with E-state index in [0.29, 0.717) is 12.5 Å². The van der Waals surface area contributed by atoms with Crippen molar-refractivity contribution in [2.45, 2.75) is 37.8 Å². The first-order valence-electron chi connectivity index (χ1n) is 9.04. The van der Waals surface area contributed by atoms with Crippen molar-refractivity contribution in [1.82, 2.24) is 19.1 Å². The molecule has 132 valence electrons. The fraction of sp³-hybridized carbons (Fsp3) is 0.350. The number of carbonyl (C=O) groups is 1. The van der Waals surface area contributed by atoms with Crippen LogP contribution in [0, 0.1) is 0 Å². The predicted octanol–water partition coefficient (Wildman–Crippen LogP) is 3.42. The van der Waals surface area contributed by atoms with Crippen LogP contribution in [0.2, 0.25) is 0 Å². The highest BCUT2D eigenvalue weighted by molar-refractivity contribution is 7.13. The molecule has 5 nitrogen and oxygen atoms in total. The normalized spacial score (nSPS) is 22.0. The Bertz CT molecular complexity index is 1020. The molecule has 6 heteroatoms. The molecule has 3 aromatic rings. The molecule has 5 rings (SSSR count). The lowest BCUT2D eigenvalue weighted by molar-refractivity contribution is -0.132. The van der Waals surface area contributed by atoms with Gasteiger partial charge in [0.2, 0.25) is 5.91 Å². The lowest BCUT2D eigenvalue weighted by atomic mass is 9.98. The molecule has 0 radical (unpaired) electrons. The highest BCUT2D eigenvalue weighted by Gasteiger charge is 2.40. The smallest absolute Gasteiger partial charge is 0.229 e. The lowest BCUT2D eigenvalue weighted by Gasteiger charge is -2.34. The summed E-state index contributed by atoms with van der Waals surface area (Å²) in [6.45, 7) is 0. The summed E-state index contributed by atoms with van der Waals surface area (Å²) < 4.78 is 7.60. The van der Waals surface area contributed by atoms with E-state index >= 15 is 0 Å². The van der Waals surface area contributed by atoms with Crippen molar-refractivity contribution in [2.75, 3.05) is 0 Å². The van der Waals surface area contributed by atoms with Crippen LogP contribution in [-0.2, 0) is 18.3 Å². The van der Waals surface area contributed by atoms with Gasteiger partial charge < -0.3 is 4.90 Å². The SMILES string of the molecule is Cn1nccc1C1=C[C@H]2CC[C@@H](C1)N2C(=O)Cc1nsc2ccccc12. The van der Waals surface area contributed by atoms with Crippen LogP contribution in [0.3, 0.4) is 0 Å². The molecule has 0 aliphatic carbocycles. The first-order valence-corrected chi connectivity index (χ1v) is 9.81. The predicted molar refractivity (Wildman–Crippen MR) is 103 cm³/mol. The van der Waals surface area contributed by atoms with Crippen molar-refractivity contribution in [2.24, 2.45) is 7.05 Å². The first kappa shape index (κ1) is 15.8. The Balaban J connectivity index is 1.40. The van der Waals surface area contributed by atoms with Gasteiger partial charge in [-0.05, 0) is 48.5 Å². The first-order chi connectivity index (χ1) is 12.7. The van der Waals surface area contributed by atoms with Crippen LogP contribution in [0.5, 0.6) is 0 Å². The van der Waals surface area contributed by atoms with Gasteiger partial charge in [-0.3, -0.25) is 9.48 Å². The molecule has 0 unspecified atom stereocenters. The minimum Gasteiger partial charge on any atom is -0.333 e. The molecule has 0 spiro atoms. The number of nitrogens with zero attached hydrogens (tertiary/aromatic N) is 4. The lowest BCUT2D eigenvalue weighted by Crippen LogP contribution is -2.43. The maximum absolute atomic E-state index is 13.1. The van der Waals surface area contributed by atoms with Crippen LogP contribution in [-0.4, -0.2) is 37.0 Å². The monoisotopic (exact) mass is 364 g/mol. The number of benzene rings is 1. The van der Waals surface area contributed by atoms with Gasteiger partial charge in [0.1, 0.15) is 0 Å². The van der Waals surface area contributed by atoms with E-state index in [1.807, 2.05) is 30.1 Å². The molecule has 2 aromatic heterocycles. The molecule has 2 atom stereocenters. The van der Waals surface area contributed by atoms with E-state index in [4.69, 9.17) is 0 Å². The zero-order chi connectivity index (χ0) is 17.7. The highest BCUT2D eigenvalue weighted by Crippen LogP contribution is 2.39. The summed E-state index contributed by atoms with van der Waals surface area (Å²) in [5, 5.41) is 5.40. The topological polar surface area (TPSA) is 51.0 Å². The summed E-state index contributed by atoms with van der Waals surface area (Å²) in [6.07, 6.45) is 7.55. The second-order valence-electron chi connectivity index (χ2n) is 7.14. The van der Waals surface area contributed by atoms with Crippen molar-refractivity contribution in [3.63, 3.8) is 0 Å². The van der Waals surface area contributed by atoms with Gasteiger partial charge in [-0.15, -0.1) is 0 Å². The third kappa shape index (κ3) is 2.48. The van der Waals surface area contributed by atoms with Gasteiger partial charge in [0.05, 0.1) is 28.6 Å². The molecule has 26 heavy (non-hydrogen) atoms. The van der Waals surface area contributed by atoms with Crippen LogP contribution in [0.25, 0.3) is 15.7 Å². The summed E-state index contributed by atoms with van der Waals surface area (Å²) >= 11 is 1.48. The summed E-state index contributed by atoms with van der Waals surface area (Å²) in [6, 6.07) is 10.7. The van der Waals surface area contributed by atoms with Crippen LogP contribution < -0.4 is 0 Å². The van der Waals surface area contributed by atoms with E-state index < -0.39 is 0 Å². The quantitative estimate of drug-likeness (QED) is 0.715. The fourth-order valence-electron chi connectivity index (χ4n) is 4.40. The minimum absolute atomic E-state index is 0.203. The Morgan fingerprint density at radius 2 is 2.15 bits per heavy atom. The second kappa shape index (κ2) is 6.06. The Hall–Kier alpha value is -2.47. The molecule has 2 bridgehead atoms. The largest absolute Gasteiger partial charge is 0.333 e. The van der Waals surface area contributed by atoms with E-state index in [9.17, 15) is 4.79 Å². The van der Waals surface area contributed by atoms with E-state index in [1.165, 1.54) is 22.8 Å². The number of amides is 1. The zero-order valence-electron chi connectivity index (χ0n) is 14.6. The minimum atomic E-state index is 0.203. The molecule has 0 N–H and O–H groups in total. The van der Waals surface area contributed by atoms with Gasteiger partial charge >= 0.3 is 0 Å². The van der Waals surface area contributed by atoms with Gasteiger partial charge in [0.15, 0.2) is 0 Å². The van der Waals surface area contributed by atoms with Crippen LogP contribution in [0.4, 0.5) is 0 Å². The number of fused-ring (bicyclic) bond motifs is 3. The average Bonchev–Trinajstić information content (AvgIpc) is 3.32. The fourth-order valence-corrected chi connectivity index (χ4v) is 5.19. The molecule has 1 aromatic carbocycles. The van der Waals surface area contributed by atoms with Gasteiger partial charge in [-0.1, -0.05) is 24.3 Å². The van der Waals surface area contributed by atoms with E-state index in [-0.39, 0.29) is 11.9 Å². The molecule has 1 amide bonds. The molecule has 4 heterocycles. The summed E-state index contributed by atoms with van der Waals surface area (Å²) in [7, 11) is 1.98. The van der Waals surface area contributed by atoms with Crippen molar-refractivity contribution >= 4 is 33.1 Å².